The molecule has 0 spiro atoms. The van der Waals surface area contributed by atoms with Gasteiger partial charge in [0.2, 0.25) is 5.91 Å². The topological polar surface area (TPSA) is 79.8 Å². The number of rotatable bonds is 8. The highest BCUT2D eigenvalue weighted by molar-refractivity contribution is 9.10. The molecule has 2 N–H and O–H groups in total. The van der Waals surface area contributed by atoms with Crippen LogP contribution in [0.5, 0.6) is 5.75 Å². The van der Waals surface area contributed by atoms with Crippen molar-refractivity contribution in [2.24, 2.45) is 5.10 Å². The summed E-state index contributed by atoms with van der Waals surface area (Å²) in [5.74, 6) is 0.419. The zero-order chi connectivity index (χ0) is 21.4. The summed E-state index contributed by atoms with van der Waals surface area (Å²) in [4.78, 5) is 24.0. The fourth-order valence-corrected chi connectivity index (χ4v) is 3.09. The Kier molecular flexibility index (Phi) is 8.39. The molecule has 2 aromatic rings. The molecule has 0 aromatic heterocycles. The van der Waals surface area contributed by atoms with E-state index in [-0.39, 0.29) is 18.9 Å². The molecule has 2 rings (SSSR count). The van der Waals surface area contributed by atoms with Gasteiger partial charge in [-0.1, -0.05) is 32.0 Å². The third kappa shape index (κ3) is 7.69. The third-order valence-corrected chi connectivity index (χ3v) is 4.71. The minimum absolute atomic E-state index is 0.0799. The number of benzene rings is 2. The number of nitrogens with one attached hydrogen (secondary N) is 2. The average Bonchev–Trinajstić information content (AvgIpc) is 2.66. The Morgan fingerprint density at radius 3 is 2.41 bits per heavy atom. The van der Waals surface area contributed by atoms with E-state index in [1.54, 1.807) is 13.0 Å². The van der Waals surface area contributed by atoms with Gasteiger partial charge < -0.3 is 10.1 Å². The Morgan fingerprint density at radius 2 is 1.79 bits per heavy atom. The lowest BCUT2D eigenvalue weighted by Crippen LogP contribution is -2.26. The molecule has 29 heavy (non-hydrogen) atoms. The molecule has 0 aliphatic rings. The van der Waals surface area contributed by atoms with Crippen LogP contribution in [0.4, 0.5) is 5.69 Å². The molecule has 0 bridgehead atoms. The fraction of sp³-hybridized carbons (Fsp3) is 0.318. The molecule has 0 saturated carbocycles. The Morgan fingerprint density at radius 1 is 1.10 bits per heavy atom. The molecule has 6 nitrogen and oxygen atoms in total. The standard InChI is InChI=1S/C22H26BrN3O3/c1-14(2)17-6-8-18(9-7-17)24-21(27)12-16(4)25-26-22(28)13-29-20-10-5-15(3)11-19(20)23/h5-11,14H,12-13H2,1-4H3,(H,24,27)(H,26,28). The van der Waals surface area contributed by atoms with Crippen LogP contribution < -0.4 is 15.5 Å². The molecule has 0 radical (unpaired) electrons. The van der Waals surface area contributed by atoms with Gasteiger partial charge in [-0.15, -0.1) is 0 Å². The largest absolute Gasteiger partial charge is 0.483 e. The van der Waals surface area contributed by atoms with Gasteiger partial charge in [-0.25, -0.2) is 5.43 Å². The van der Waals surface area contributed by atoms with E-state index in [1.807, 2.05) is 43.3 Å². The van der Waals surface area contributed by atoms with E-state index in [9.17, 15) is 9.59 Å². The van der Waals surface area contributed by atoms with Crippen LogP contribution in [-0.2, 0) is 9.59 Å². The van der Waals surface area contributed by atoms with Crippen LogP contribution in [0.1, 0.15) is 44.2 Å². The lowest BCUT2D eigenvalue weighted by Gasteiger charge is -2.09. The number of anilines is 1. The Balaban J connectivity index is 1.78. The summed E-state index contributed by atoms with van der Waals surface area (Å²) in [6.45, 7) is 7.71. The van der Waals surface area contributed by atoms with E-state index in [2.05, 4.69) is 45.6 Å². The van der Waals surface area contributed by atoms with E-state index >= 15 is 0 Å². The monoisotopic (exact) mass is 459 g/mol. The summed E-state index contributed by atoms with van der Waals surface area (Å²) in [7, 11) is 0. The van der Waals surface area contributed by atoms with Crippen molar-refractivity contribution in [3.8, 4) is 5.75 Å². The zero-order valence-electron chi connectivity index (χ0n) is 17.1. The number of hydrazone groups is 1. The van der Waals surface area contributed by atoms with Crippen molar-refractivity contribution in [1.29, 1.82) is 0 Å². The van der Waals surface area contributed by atoms with Crippen LogP contribution in [0.3, 0.4) is 0 Å². The average molecular weight is 460 g/mol. The zero-order valence-corrected chi connectivity index (χ0v) is 18.7. The summed E-state index contributed by atoms with van der Waals surface area (Å²) < 4.78 is 6.25. The summed E-state index contributed by atoms with van der Waals surface area (Å²) in [6.07, 6.45) is 0.0799. The molecule has 0 fully saturated rings. The normalized spacial score (nSPS) is 11.3. The molecule has 0 unspecified atom stereocenters. The molecule has 0 saturated heterocycles. The van der Waals surface area contributed by atoms with E-state index in [1.165, 1.54) is 5.56 Å². The quantitative estimate of drug-likeness (QED) is 0.440. The SMILES string of the molecule is CC(CC(=O)Nc1ccc(C(C)C)cc1)=NNC(=O)COc1ccc(C)cc1Br. The number of amides is 2. The Labute approximate surface area is 179 Å². The first-order valence-electron chi connectivity index (χ1n) is 9.35. The summed E-state index contributed by atoms with van der Waals surface area (Å²) >= 11 is 3.40. The van der Waals surface area contributed by atoms with Gasteiger partial charge in [0, 0.05) is 11.4 Å². The minimum Gasteiger partial charge on any atom is -0.483 e. The Hall–Kier alpha value is -2.67. The molecule has 2 aromatic carbocycles. The van der Waals surface area contributed by atoms with E-state index in [0.717, 1.165) is 15.7 Å². The predicted molar refractivity (Wildman–Crippen MR) is 119 cm³/mol. The predicted octanol–water partition coefficient (Wildman–Crippen LogP) is 4.78. The van der Waals surface area contributed by atoms with Crippen molar-refractivity contribution < 1.29 is 14.3 Å². The van der Waals surface area contributed by atoms with E-state index in [0.29, 0.717) is 17.4 Å². The first-order chi connectivity index (χ1) is 13.7. The second-order valence-electron chi connectivity index (χ2n) is 7.11. The van der Waals surface area contributed by atoms with Crippen LogP contribution in [0.25, 0.3) is 0 Å². The summed E-state index contributed by atoms with van der Waals surface area (Å²) in [6, 6.07) is 13.3. The van der Waals surface area contributed by atoms with Crippen molar-refractivity contribution >= 4 is 39.1 Å². The van der Waals surface area contributed by atoms with Gasteiger partial charge in [0.15, 0.2) is 6.61 Å². The number of aryl methyl sites for hydroxylation is 1. The molecule has 0 aliphatic carbocycles. The van der Waals surface area contributed by atoms with Gasteiger partial charge in [-0.05, 0) is 71.1 Å². The van der Waals surface area contributed by atoms with Crippen LogP contribution >= 0.6 is 15.9 Å². The van der Waals surface area contributed by atoms with Crippen molar-refractivity contribution in [1.82, 2.24) is 5.43 Å². The number of carbonyl (C=O) groups is 2. The van der Waals surface area contributed by atoms with Gasteiger partial charge in [-0.2, -0.15) is 5.10 Å². The second-order valence-corrected chi connectivity index (χ2v) is 7.96. The van der Waals surface area contributed by atoms with Gasteiger partial charge in [0.25, 0.3) is 5.91 Å². The fourth-order valence-electron chi connectivity index (χ4n) is 2.48. The van der Waals surface area contributed by atoms with E-state index in [4.69, 9.17) is 4.74 Å². The number of ether oxygens (including phenoxy) is 1. The minimum atomic E-state index is -0.401. The molecule has 0 heterocycles. The van der Waals surface area contributed by atoms with Gasteiger partial charge in [-0.3, -0.25) is 9.59 Å². The third-order valence-electron chi connectivity index (χ3n) is 4.10. The van der Waals surface area contributed by atoms with Crippen molar-refractivity contribution in [3.63, 3.8) is 0 Å². The van der Waals surface area contributed by atoms with Crippen LogP contribution in [0.15, 0.2) is 52.0 Å². The van der Waals surface area contributed by atoms with Gasteiger partial charge in [0.05, 0.1) is 10.9 Å². The first kappa shape index (κ1) is 22.6. The molecule has 0 aliphatic heterocycles. The lowest BCUT2D eigenvalue weighted by molar-refractivity contribution is -0.123. The summed E-state index contributed by atoms with van der Waals surface area (Å²) in [5.41, 5.74) is 5.92. The van der Waals surface area contributed by atoms with E-state index < -0.39 is 5.91 Å². The maximum absolute atomic E-state index is 12.1. The highest BCUT2D eigenvalue weighted by Gasteiger charge is 2.08. The lowest BCUT2D eigenvalue weighted by atomic mass is 10.0. The second kappa shape index (κ2) is 10.8. The first-order valence-corrected chi connectivity index (χ1v) is 10.1. The number of nitrogens with zero attached hydrogens (tertiary/aromatic N) is 1. The molecule has 0 atom stereocenters. The van der Waals surface area contributed by atoms with Crippen LogP contribution in [0.2, 0.25) is 0 Å². The smallest absolute Gasteiger partial charge is 0.277 e. The number of carbonyl (C=O) groups excluding carboxylic acids is 2. The molecule has 7 heteroatoms. The molecule has 2 amide bonds. The van der Waals surface area contributed by atoms with Crippen molar-refractivity contribution in [2.45, 2.75) is 40.0 Å². The molecule has 154 valence electrons. The van der Waals surface area contributed by atoms with Crippen molar-refractivity contribution in [2.75, 3.05) is 11.9 Å². The maximum Gasteiger partial charge on any atom is 0.277 e. The summed E-state index contributed by atoms with van der Waals surface area (Å²) in [5, 5.41) is 6.78. The number of halogens is 1. The van der Waals surface area contributed by atoms with Crippen molar-refractivity contribution in [3.05, 3.63) is 58.1 Å². The number of hydrogen-bond donors (Lipinski definition) is 2. The highest BCUT2D eigenvalue weighted by Crippen LogP contribution is 2.25. The van der Waals surface area contributed by atoms with Gasteiger partial charge >= 0.3 is 0 Å². The number of hydrogen-bond acceptors (Lipinski definition) is 4. The van der Waals surface area contributed by atoms with Gasteiger partial charge in [0.1, 0.15) is 5.75 Å². The maximum atomic E-state index is 12.1. The van der Waals surface area contributed by atoms with Crippen LogP contribution in [-0.4, -0.2) is 24.1 Å². The van der Waals surface area contributed by atoms with Crippen LogP contribution in [0, 0.1) is 6.92 Å². The highest BCUT2D eigenvalue weighted by atomic mass is 79.9. The molecular weight excluding hydrogens is 434 g/mol. The molecular formula is C22H26BrN3O3. The Bertz CT molecular complexity index is 893.